The van der Waals surface area contributed by atoms with Crippen LogP contribution in [0.1, 0.15) is 25.8 Å². The van der Waals surface area contributed by atoms with Crippen molar-refractivity contribution in [2.45, 2.75) is 38.0 Å². The van der Waals surface area contributed by atoms with Gasteiger partial charge in [-0.2, -0.15) is 0 Å². The maximum absolute atomic E-state index is 12.9. The van der Waals surface area contributed by atoms with Crippen LogP contribution in [0.3, 0.4) is 0 Å². The summed E-state index contributed by atoms with van der Waals surface area (Å²) in [7, 11) is -3.36. The van der Waals surface area contributed by atoms with Crippen molar-refractivity contribution in [2.75, 3.05) is 13.2 Å². The monoisotopic (exact) mass is 315 g/mol. The van der Waals surface area contributed by atoms with E-state index in [0.29, 0.717) is 26.1 Å². The molecule has 6 heteroatoms. The summed E-state index contributed by atoms with van der Waals surface area (Å²) in [5, 5.41) is -0.460. The van der Waals surface area contributed by atoms with E-state index in [0.717, 1.165) is 5.56 Å². The van der Waals surface area contributed by atoms with Gasteiger partial charge in [-0.1, -0.05) is 12.1 Å². The SMILES string of the molecule is CC(C)NS(=O)(=O)[C@@H]1CCOC[C@H]1Cc1ccc(F)cc1. The minimum atomic E-state index is -3.36. The first-order valence-electron chi connectivity index (χ1n) is 7.22. The largest absolute Gasteiger partial charge is 0.381 e. The predicted molar refractivity (Wildman–Crippen MR) is 80.0 cm³/mol. The van der Waals surface area contributed by atoms with Gasteiger partial charge in [0, 0.05) is 18.6 Å². The fraction of sp³-hybridized carbons (Fsp3) is 0.600. The highest BCUT2D eigenvalue weighted by atomic mass is 32.2. The number of hydrogen-bond acceptors (Lipinski definition) is 3. The van der Waals surface area contributed by atoms with Crippen LogP contribution >= 0.6 is 0 Å². The molecule has 0 amide bonds. The van der Waals surface area contributed by atoms with Gasteiger partial charge in [-0.05, 0) is 44.4 Å². The average molecular weight is 315 g/mol. The molecule has 2 rings (SSSR count). The van der Waals surface area contributed by atoms with Crippen molar-refractivity contribution in [2.24, 2.45) is 5.92 Å². The highest BCUT2D eigenvalue weighted by molar-refractivity contribution is 7.90. The van der Waals surface area contributed by atoms with Gasteiger partial charge in [-0.15, -0.1) is 0 Å². The molecule has 1 N–H and O–H groups in total. The van der Waals surface area contributed by atoms with Crippen molar-refractivity contribution < 1.29 is 17.5 Å². The van der Waals surface area contributed by atoms with E-state index in [4.69, 9.17) is 4.74 Å². The summed E-state index contributed by atoms with van der Waals surface area (Å²) < 4.78 is 45.9. The molecule has 0 saturated carbocycles. The number of hydrogen-bond donors (Lipinski definition) is 1. The molecule has 0 radical (unpaired) electrons. The van der Waals surface area contributed by atoms with Gasteiger partial charge in [0.25, 0.3) is 0 Å². The predicted octanol–water partition coefficient (Wildman–Crippen LogP) is 2.10. The van der Waals surface area contributed by atoms with Crippen LogP contribution < -0.4 is 4.72 Å². The van der Waals surface area contributed by atoms with E-state index in [9.17, 15) is 12.8 Å². The van der Waals surface area contributed by atoms with Crippen LogP contribution in [-0.4, -0.2) is 32.9 Å². The third-order valence-electron chi connectivity index (χ3n) is 3.61. The zero-order chi connectivity index (χ0) is 15.5. The van der Waals surface area contributed by atoms with Crippen molar-refractivity contribution in [3.8, 4) is 0 Å². The Balaban J connectivity index is 2.13. The smallest absolute Gasteiger partial charge is 0.215 e. The molecule has 1 fully saturated rings. The average Bonchev–Trinajstić information content (AvgIpc) is 2.40. The Hall–Kier alpha value is -0.980. The molecule has 2 atom stereocenters. The Morgan fingerprint density at radius 1 is 1.33 bits per heavy atom. The second-order valence-corrected chi connectivity index (χ2v) is 7.74. The molecule has 0 aromatic heterocycles. The van der Waals surface area contributed by atoms with Gasteiger partial charge in [-0.3, -0.25) is 0 Å². The Morgan fingerprint density at radius 3 is 2.62 bits per heavy atom. The van der Waals surface area contributed by atoms with Gasteiger partial charge >= 0.3 is 0 Å². The first-order chi connectivity index (χ1) is 9.88. The van der Waals surface area contributed by atoms with Crippen molar-refractivity contribution in [3.05, 3.63) is 35.6 Å². The molecule has 1 aromatic rings. The number of sulfonamides is 1. The fourth-order valence-corrected chi connectivity index (χ4v) is 4.64. The molecule has 4 nitrogen and oxygen atoms in total. The second kappa shape index (κ2) is 6.85. The molecule has 1 aromatic carbocycles. The second-order valence-electron chi connectivity index (χ2n) is 5.81. The van der Waals surface area contributed by atoms with Crippen molar-refractivity contribution in [1.29, 1.82) is 0 Å². The van der Waals surface area contributed by atoms with Gasteiger partial charge in [-0.25, -0.2) is 17.5 Å². The third-order valence-corrected chi connectivity index (χ3v) is 5.83. The summed E-state index contributed by atoms with van der Waals surface area (Å²) in [5.41, 5.74) is 0.927. The first-order valence-corrected chi connectivity index (χ1v) is 8.76. The standard InChI is InChI=1S/C15H22FNO3S/c1-11(2)17-21(18,19)15-7-8-20-10-13(15)9-12-3-5-14(16)6-4-12/h3-6,11,13,15,17H,7-10H2,1-2H3/t13-,15-/m1/s1. The summed E-state index contributed by atoms with van der Waals surface area (Å²) in [6, 6.07) is 6.07. The Morgan fingerprint density at radius 2 is 2.00 bits per heavy atom. The minimum Gasteiger partial charge on any atom is -0.381 e. The maximum Gasteiger partial charge on any atom is 0.215 e. The lowest BCUT2D eigenvalue weighted by Gasteiger charge is -2.32. The zero-order valence-electron chi connectivity index (χ0n) is 12.4. The lowest BCUT2D eigenvalue weighted by molar-refractivity contribution is 0.0569. The fourth-order valence-electron chi connectivity index (χ4n) is 2.72. The van der Waals surface area contributed by atoms with Crippen molar-refractivity contribution >= 4 is 10.0 Å². The molecular weight excluding hydrogens is 293 g/mol. The highest BCUT2D eigenvalue weighted by Gasteiger charge is 2.36. The lowest BCUT2D eigenvalue weighted by atomic mass is 9.93. The molecule has 1 heterocycles. The van der Waals surface area contributed by atoms with E-state index in [2.05, 4.69) is 4.72 Å². The highest BCUT2D eigenvalue weighted by Crippen LogP contribution is 2.25. The number of benzene rings is 1. The molecule has 0 unspecified atom stereocenters. The van der Waals surface area contributed by atoms with Crippen LogP contribution in [-0.2, 0) is 21.2 Å². The summed E-state index contributed by atoms with van der Waals surface area (Å²) in [5.74, 6) is -0.398. The number of rotatable bonds is 5. The molecule has 1 aliphatic heterocycles. The van der Waals surface area contributed by atoms with E-state index in [1.807, 2.05) is 13.8 Å². The Bertz CT molecular complexity index is 557. The van der Waals surface area contributed by atoms with Crippen LogP contribution in [0.4, 0.5) is 4.39 Å². The molecule has 1 aliphatic rings. The number of halogens is 1. The summed E-state index contributed by atoms with van der Waals surface area (Å²) in [6.07, 6.45) is 1.07. The summed E-state index contributed by atoms with van der Waals surface area (Å²) in [4.78, 5) is 0. The van der Waals surface area contributed by atoms with Crippen LogP contribution in [0.2, 0.25) is 0 Å². The van der Waals surface area contributed by atoms with Gasteiger partial charge in [0.1, 0.15) is 5.82 Å². The van der Waals surface area contributed by atoms with Gasteiger partial charge in [0.05, 0.1) is 11.9 Å². The number of ether oxygens (including phenoxy) is 1. The normalized spacial score (nSPS) is 23.4. The number of nitrogens with one attached hydrogen (secondary N) is 1. The zero-order valence-corrected chi connectivity index (χ0v) is 13.2. The minimum absolute atomic E-state index is 0.111. The van der Waals surface area contributed by atoms with E-state index < -0.39 is 15.3 Å². The molecule has 0 aliphatic carbocycles. The molecule has 118 valence electrons. The van der Waals surface area contributed by atoms with Crippen LogP contribution in [0.25, 0.3) is 0 Å². The van der Waals surface area contributed by atoms with E-state index in [-0.39, 0.29) is 17.8 Å². The first kappa shape index (κ1) is 16.4. The van der Waals surface area contributed by atoms with E-state index in [1.54, 1.807) is 12.1 Å². The van der Waals surface area contributed by atoms with E-state index in [1.165, 1.54) is 12.1 Å². The van der Waals surface area contributed by atoms with Crippen LogP contribution in [0.15, 0.2) is 24.3 Å². The van der Waals surface area contributed by atoms with Gasteiger partial charge in [0.15, 0.2) is 0 Å². The lowest BCUT2D eigenvalue weighted by Crippen LogP contribution is -2.46. The third kappa shape index (κ3) is 4.49. The topological polar surface area (TPSA) is 55.4 Å². The quantitative estimate of drug-likeness (QED) is 0.905. The summed E-state index contributed by atoms with van der Waals surface area (Å²) >= 11 is 0. The van der Waals surface area contributed by atoms with E-state index >= 15 is 0 Å². The van der Waals surface area contributed by atoms with Crippen LogP contribution in [0, 0.1) is 11.7 Å². The van der Waals surface area contributed by atoms with Gasteiger partial charge in [0.2, 0.25) is 10.0 Å². The van der Waals surface area contributed by atoms with Crippen molar-refractivity contribution in [3.63, 3.8) is 0 Å². The Labute approximate surface area is 125 Å². The molecule has 1 saturated heterocycles. The van der Waals surface area contributed by atoms with Crippen molar-refractivity contribution in [1.82, 2.24) is 4.72 Å². The maximum atomic E-state index is 12.9. The van der Waals surface area contributed by atoms with Gasteiger partial charge < -0.3 is 4.74 Å². The molecule has 21 heavy (non-hydrogen) atoms. The molecule has 0 bridgehead atoms. The van der Waals surface area contributed by atoms with Crippen LogP contribution in [0.5, 0.6) is 0 Å². The molecule has 0 spiro atoms. The Kier molecular flexibility index (Phi) is 5.35. The summed E-state index contributed by atoms with van der Waals surface area (Å²) in [6.45, 7) is 4.50. The molecular formula is C15H22FNO3S.